The number of carbonyl (C=O) groups excluding carboxylic acids is 2. The Morgan fingerprint density at radius 2 is 1.92 bits per heavy atom. The van der Waals surface area contributed by atoms with Crippen LogP contribution in [0.2, 0.25) is 0 Å². The van der Waals surface area contributed by atoms with Gasteiger partial charge in [-0.15, -0.1) is 0 Å². The van der Waals surface area contributed by atoms with E-state index < -0.39 is 11.9 Å². The number of hydrogen-bond acceptors (Lipinski definition) is 7. The lowest BCUT2D eigenvalue weighted by atomic mass is 9.85. The van der Waals surface area contributed by atoms with Gasteiger partial charge in [0.2, 0.25) is 0 Å². The first kappa shape index (κ1) is 27.8. The number of benzene rings is 1. The molecule has 9 heteroatoms. The normalized spacial score (nSPS) is 19.5. The smallest absolute Gasteiger partial charge is 0.409 e. The highest BCUT2D eigenvalue weighted by atomic mass is 19.1. The first-order chi connectivity index (χ1) is 18.2. The van der Waals surface area contributed by atoms with E-state index in [4.69, 9.17) is 14.2 Å². The summed E-state index contributed by atoms with van der Waals surface area (Å²) >= 11 is 0. The third-order valence-corrected chi connectivity index (χ3v) is 7.27. The van der Waals surface area contributed by atoms with Crippen LogP contribution in [0, 0.1) is 24.6 Å². The monoisotopic (exact) mass is 527 g/mol. The molecule has 0 radical (unpaired) electrons. The van der Waals surface area contributed by atoms with E-state index in [1.807, 2.05) is 20.8 Å². The second-order valence-electron chi connectivity index (χ2n) is 10.8. The summed E-state index contributed by atoms with van der Waals surface area (Å²) in [5.41, 5.74) is 1.71. The molecule has 2 aromatic rings. The number of hydrogen-bond donors (Lipinski definition) is 0. The Morgan fingerprint density at radius 1 is 1.16 bits per heavy atom. The molecule has 2 fully saturated rings. The second kappa shape index (κ2) is 12.5. The highest BCUT2D eigenvalue weighted by Crippen LogP contribution is 2.31. The van der Waals surface area contributed by atoms with E-state index in [1.54, 1.807) is 24.2 Å². The van der Waals surface area contributed by atoms with Gasteiger partial charge in [-0.2, -0.15) is 0 Å². The standard InChI is InChI=1S/C29H38FN3O5/c1-18(2)37-28(34)21-9-6-10-24(14-21)38-26-15-31-27(32-19(26)3)25-12-11-23(30)13-22(25)17-36-29(35)33(4)16-20-7-5-8-20/h11-13,15,18,20-21,24H,5-10,14,16-17H2,1-4H3/t21-,24-/m0/s1. The zero-order valence-corrected chi connectivity index (χ0v) is 22.7. The highest BCUT2D eigenvalue weighted by Gasteiger charge is 2.30. The van der Waals surface area contributed by atoms with Crippen molar-refractivity contribution in [3.05, 3.63) is 41.5 Å². The lowest BCUT2D eigenvalue weighted by Crippen LogP contribution is -2.34. The van der Waals surface area contributed by atoms with Gasteiger partial charge >= 0.3 is 12.1 Å². The van der Waals surface area contributed by atoms with Crippen molar-refractivity contribution in [2.45, 2.75) is 84.5 Å². The molecule has 0 aliphatic heterocycles. The Kier molecular flexibility index (Phi) is 9.17. The fourth-order valence-electron chi connectivity index (χ4n) is 4.96. The van der Waals surface area contributed by atoms with E-state index in [1.165, 1.54) is 18.6 Å². The lowest BCUT2D eigenvalue weighted by molar-refractivity contribution is -0.154. The van der Waals surface area contributed by atoms with E-state index in [-0.39, 0.29) is 30.7 Å². The number of amides is 1. The van der Waals surface area contributed by atoms with Crippen LogP contribution in [0.3, 0.4) is 0 Å². The summed E-state index contributed by atoms with van der Waals surface area (Å²) < 4.78 is 31.2. The number of carbonyl (C=O) groups is 2. The minimum atomic E-state index is -0.434. The number of esters is 1. The highest BCUT2D eigenvalue weighted by molar-refractivity contribution is 5.72. The predicted molar refractivity (Wildman–Crippen MR) is 140 cm³/mol. The third-order valence-electron chi connectivity index (χ3n) is 7.27. The van der Waals surface area contributed by atoms with Gasteiger partial charge in [0.1, 0.15) is 12.4 Å². The summed E-state index contributed by atoms with van der Waals surface area (Å²) in [7, 11) is 1.72. The molecule has 38 heavy (non-hydrogen) atoms. The molecule has 2 aliphatic carbocycles. The van der Waals surface area contributed by atoms with E-state index in [9.17, 15) is 14.0 Å². The Hall–Kier alpha value is -3.23. The van der Waals surface area contributed by atoms with Crippen LogP contribution >= 0.6 is 0 Å². The van der Waals surface area contributed by atoms with E-state index in [2.05, 4.69) is 9.97 Å². The molecule has 0 bridgehead atoms. The molecule has 1 amide bonds. The van der Waals surface area contributed by atoms with Crippen LogP contribution in [0.1, 0.15) is 70.1 Å². The third kappa shape index (κ3) is 7.20. The fourth-order valence-corrected chi connectivity index (χ4v) is 4.96. The molecule has 206 valence electrons. The minimum absolute atomic E-state index is 0.0858. The van der Waals surface area contributed by atoms with Crippen LogP contribution in [-0.4, -0.2) is 52.7 Å². The Labute approximate surface area is 223 Å². The summed E-state index contributed by atoms with van der Waals surface area (Å²) in [5, 5.41) is 0. The summed E-state index contributed by atoms with van der Waals surface area (Å²) in [6, 6.07) is 4.28. The lowest BCUT2D eigenvalue weighted by Gasteiger charge is -2.29. The number of aromatic nitrogens is 2. The van der Waals surface area contributed by atoms with Crippen LogP contribution < -0.4 is 4.74 Å². The maximum absolute atomic E-state index is 14.1. The van der Waals surface area contributed by atoms with Crippen LogP contribution in [-0.2, 0) is 20.9 Å². The van der Waals surface area contributed by atoms with Gasteiger partial charge in [0.25, 0.3) is 0 Å². The molecule has 0 N–H and O–H groups in total. The van der Waals surface area contributed by atoms with Gasteiger partial charge in [-0.25, -0.2) is 19.2 Å². The van der Waals surface area contributed by atoms with Gasteiger partial charge in [-0.05, 0) is 83.4 Å². The average molecular weight is 528 g/mol. The number of ether oxygens (including phenoxy) is 3. The molecular weight excluding hydrogens is 489 g/mol. The van der Waals surface area contributed by atoms with Gasteiger partial charge in [-0.3, -0.25) is 4.79 Å². The minimum Gasteiger partial charge on any atom is -0.487 e. The predicted octanol–water partition coefficient (Wildman–Crippen LogP) is 5.85. The van der Waals surface area contributed by atoms with Crippen molar-refractivity contribution in [2.24, 2.45) is 11.8 Å². The van der Waals surface area contributed by atoms with Crippen molar-refractivity contribution >= 4 is 12.1 Å². The average Bonchev–Trinajstić information content (AvgIpc) is 2.85. The number of rotatable bonds is 9. The van der Waals surface area contributed by atoms with Gasteiger partial charge in [-0.1, -0.05) is 6.42 Å². The van der Waals surface area contributed by atoms with Gasteiger partial charge in [0.05, 0.1) is 30.0 Å². The van der Waals surface area contributed by atoms with Gasteiger partial charge in [0.15, 0.2) is 11.6 Å². The number of aryl methyl sites for hydroxylation is 1. The SMILES string of the molecule is Cc1nc(-c2ccc(F)cc2COC(=O)N(C)CC2CCC2)ncc1O[C@H]1CCC[C@H](C(=O)OC(C)C)C1. The van der Waals surface area contributed by atoms with Crippen molar-refractivity contribution in [3.8, 4) is 17.1 Å². The quantitative estimate of drug-likeness (QED) is 0.378. The van der Waals surface area contributed by atoms with Crippen molar-refractivity contribution in [1.82, 2.24) is 14.9 Å². The fraction of sp³-hybridized carbons (Fsp3) is 0.586. The summed E-state index contributed by atoms with van der Waals surface area (Å²) in [5.74, 6) is 0.698. The molecule has 8 nitrogen and oxygen atoms in total. The number of halogens is 1. The van der Waals surface area contributed by atoms with Crippen molar-refractivity contribution < 1.29 is 28.2 Å². The second-order valence-corrected chi connectivity index (χ2v) is 10.8. The molecule has 2 aliphatic rings. The molecule has 0 unspecified atom stereocenters. The van der Waals surface area contributed by atoms with E-state index in [0.717, 1.165) is 32.1 Å². The van der Waals surface area contributed by atoms with Crippen LogP contribution in [0.15, 0.2) is 24.4 Å². The molecule has 2 atom stereocenters. The summed E-state index contributed by atoms with van der Waals surface area (Å²) in [6.07, 6.45) is 7.50. The van der Waals surface area contributed by atoms with Gasteiger partial charge < -0.3 is 19.1 Å². The van der Waals surface area contributed by atoms with E-state index in [0.29, 0.717) is 47.3 Å². The molecule has 1 aromatic carbocycles. The Morgan fingerprint density at radius 3 is 2.61 bits per heavy atom. The van der Waals surface area contributed by atoms with Gasteiger partial charge in [0, 0.05) is 24.7 Å². The van der Waals surface area contributed by atoms with E-state index >= 15 is 0 Å². The zero-order chi connectivity index (χ0) is 27.2. The Balaban J connectivity index is 1.41. The molecule has 1 aromatic heterocycles. The van der Waals surface area contributed by atoms with Crippen LogP contribution in [0.4, 0.5) is 9.18 Å². The maximum atomic E-state index is 14.1. The summed E-state index contributed by atoms with van der Waals surface area (Å²) in [4.78, 5) is 35.5. The Bertz CT molecular complexity index is 1140. The molecule has 2 saturated carbocycles. The topological polar surface area (TPSA) is 90.9 Å². The van der Waals surface area contributed by atoms with Crippen LogP contribution in [0.25, 0.3) is 11.4 Å². The molecule has 0 spiro atoms. The maximum Gasteiger partial charge on any atom is 0.409 e. The number of nitrogens with zero attached hydrogens (tertiary/aromatic N) is 3. The molecule has 1 heterocycles. The molecule has 0 saturated heterocycles. The zero-order valence-electron chi connectivity index (χ0n) is 22.7. The largest absolute Gasteiger partial charge is 0.487 e. The first-order valence-electron chi connectivity index (χ1n) is 13.6. The van der Waals surface area contributed by atoms with Crippen molar-refractivity contribution in [1.29, 1.82) is 0 Å². The van der Waals surface area contributed by atoms with Crippen LogP contribution in [0.5, 0.6) is 5.75 Å². The van der Waals surface area contributed by atoms with Crippen molar-refractivity contribution in [3.63, 3.8) is 0 Å². The molecular formula is C29H38FN3O5. The van der Waals surface area contributed by atoms with Crippen molar-refractivity contribution in [2.75, 3.05) is 13.6 Å². The summed E-state index contributed by atoms with van der Waals surface area (Å²) in [6.45, 7) is 6.10. The molecule has 4 rings (SSSR count). The first-order valence-corrected chi connectivity index (χ1v) is 13.6.